The van der Waals surface area contributed by atoms with Gasteiger partial charge in [0.25, 0.3) is 0 Å². The first-order valence-electron chi connectivity index (χ1n) is 7.44. The summed E-state index contributed by atoms with van der Waals surface area (Å²) < 4.78 is 6.33. The highest BCUT2D eigenvalue weighted by atomic mass is 127. The fourth-order valence-corrected chi connectivity index (χ4v) is 3.40. The Balaban J connectivity index is 0.00000220. The number of rotatable bonds is 5. The maximum Gasteiger partial charge on any atom is 0.339 e. The molecule has 3 nitrogen and oxygen atoms in total. The Morgan fingerprint density at radius 3 is 2.86 bits per heavy atom. The molecule has 0 radical (unpaired) electrons. The number of piperidine rings is 1. The van der Waals surface area contributed by atoms with E-state index in [-0.39, 0.29) is 18.4 Å². The van der Waals surface area contributed by atoms with Gasteiger partial charge in [-0.15, -0.1) is 0 Å². The van der Waals surface area contributed by atoms with Crippen LogP contribution in [0.2, 0.25) is 0 Å². The second kappa shape index (κ2) is 9.64. The number of benzene rings is 1. The highest BCUT2D eigenvalue weighted by Crippen LogP contribution is 2.12. The van der Waals surface area contributed by atoms with Crippen LogP contribution in [0.25, 0.3) is 0 Å². The summed E-state index contributed by atoms with van der Waals surface area (Å²) in [6.45, 7) is 5.24. The summed E-state index contributed by atoms with van der Waals surface area (Å²) >= 11 is 2.17. The monoisotopic (exact) mass is 423 g/mol. The lowest BCUT2D eigenvalue weighted by atomic mass is 10.0. The van der Waals surface area contributed by atoms with Gasteiger partial charge in [-0.05, 0) is 60.9 Å². The molecule has 0 saturated carbocycles. The van der Waals surface area contributed by atoms with Crippen LogP contribution in [0.15, 0.2) is 24.3 Å². The minimum absolute atomic E-state index is 0. The second-order valence-corrected chi connectivity index (χ2v) is 6.69. The number of hydrogen-bond acceptors (Lipinski definition) is 2. The Morgan fingerprint density at radius 1 is 1.38 bits per heavy atom. The van der Waals surface area contributed by atoms with Crippen molar-refractivity contribution < 1.29 is 26.8 Å². The van der Waals surface area contributed by atoms with Crippen molar-refractivity contribution in [3.63, 3.8) is 0 Å². The van der Waals surface area contributed by atoms with E-state index >= 15 is 0 Å². The van der Waals surface area contributed by atoms with Gasteiger partial charge in [0, 0.05) is 9.99 Å². The highest BCUT2D eigenvalue weighted by Gasteiger charge is 2.21. The zero-order valence-corrected chi connectivity index (χ0v) is 15.3. The minimum Gasteiger partial charge on any atom is -1.00 e. The molecule has 1 saturated heterocycles. The summed E-state index contributed by atoms with van der Waals surface area (Å²) in [5, 5.41) is 0. The van der Waals surface area contributed by atoms with E-state index in [1.807, 2.05) is 24.3 Å². The maximum absolute atomic E-state index is 11.9. The number of hydrogen-bond donors (Lipinski definition) is 1. The van der Waals surface area contributed by atoms with Gasteiger partial charge in [-0.1, -0.05) is 12.1 Å². The van der Waals surface area contributed by atoms with E-state index in [2.05, 4.69) is 29.5 Å². The molecule has 1 fully saturated rings. The molecule has 1 aromatic rings. The molecule has 1 aliphatic heterocycles. The van der Waals surface area contributed by atoms with Crippen LogP contribution in [0.1, 0.15) is 43.0 Å². The lowest BCUT2D eigenvalue weighted by Crippen LogP contribution is -3.16. The van der Waals surface area contributed by atoms with Gasteiger partial charge in [-0.25, -0.2) is 4.79 Å². The van der Waals surface area contributed by atoms with E-state index in [4.69, 9.17) is 4.74 Å². The normalized spacial score (nSPS) is 21.4. The summed E-state index contributed by atoms with van der Waals surface area (Å²) in [7, 11) is 0. The van der Waals surface area contributed by atoms with Crippen LogP contribution in [0.5, 0.6) is 0 Å². The van der Waals surface area contributed by atoms with Gasteiger partial charge >= 0.3 is 5.97 Å². The van der Waals surface area contributed by atoms with Crippen molar-refractivity contribution in [3.8, 4) is 0 Å². The van der Waals surface area contributed by atoms with Crippen molar-refractivity contribution in [1.82, 2.24) is 0 Å². The molecular weight excluding hydrogens is 401 g/mol. The number of quaternary nitrogens is 1. The molecule has 0 spiro atoms. The van der Waals surface area contributed by atoms with Gasteiger partial charge in [0.1, 0.15) is 0 Å². The molecule has 1 N–H and O–H groups in total. The number of halogens is 2. The third-order valence-electron chi connectivity index (χ3n) is 4.05. The van der Waals surface area contributed by atoms with E-state index < -0.39 is 0 Å². The number of likely N-dealkylation sites (tertiary alicyclic amines) is 1. The molecule has 2 rings (SSSR count). The molecule has 0 amide bonds. The maximum atomic E-state index is 11.9. The van der Waals surface area contributed by atoms with Crippen molar-refractivity contribution >= 4 is 28.6 Å². The zero-order chi connectivity index (χ0) is 14.4. The lowest BCUT2D eigenvalue weighted by molar-refractivity contribution is -0.928. The molecule has 1 aromatic carbocycles. The van der Waals surface area contributed by atoms with E-state index in [1.54, 1.807) is 4.90 Å². The van der Waals surface area contributed by atoms with E-state index in [1.165, 1.54) is 25.8 Å². The Kier molecular flexibility index (Phi) is 8.59. The molecule has 2 unspecified atom stereocenters. The third kappa shape index (κ3) is 5.75. The third-order valence-corrected chi connectivity index (χ3v) is 4.99. The predicted octanol–water partition coefficient (Wildman–Crippen LogP) is -0.701. The first kappa shape index (κ1) is 18.7. The molecule has 1 heterocycles. The summed E-state index contributed by atoms with van der Waals surface area (Å²) in [4.78, 5) is 13.6. The zero-order valence-electron chi connectivity index (χ0n) is 12.4. The van der Waals surface area contributed by atoms with Crippen LogP contribution in [0.4, 0.5) is 0 Å². The van der Waals surface area contributed by atoms with Crippen molar-refractivity contribution in [2.24, 2.45) is 0 Å². The fourth-order valence-electron chi connectivity index (χ4n) is 2.79. The Bertz CT molecular complexity index is 456. The largest absolute Gasteiger partial charge is 1.00 e. The summed E-state index contributed by atoms with van der Waals surface area (Å²) in [5.74, 6) is -0.198. The van der Waals surface area contributed by atoms with Gasteiger partial charge in [0.2, 0.25) is 0 Å². The molecule has 2 atom stereocenters. The first-order chi connectivity index (χ1) is 9.68. The van der Waals surface area contributed by atoms with Gasteiger partial charge in [0.15, 0.2) is 0 Å². The molecule has 1 aliphatic rings. The standard InChI is InChI=1S/C16H22INO2.ClH/c1-13-7-4-5-10-18(13)11-6-12-20-16(19)14-8-2-3-9-15(14)17;/h2-3,8-9,13H,4-7,10-12H2,1H3;1H. The van der Waals surface area contributed by atoms with Crippen LogP contribution in [-0.4, -0.2) is 31.7 Å². The second-order valence-electron chi connectivity index (χ2n) is 5.52. The van der Waals surface area contributed by atoms with Crippen molar-refractivity contribution in [2.75, 3.05) is 19.7 Å². The van der Waals surface area contributed by atoms with E-state index in [9.17, 15) is 4.79 Å². The van der Waals surface area contributed by atoms with Crippen LogP contribution >= 0.6 is 22.6 Å². The number of nitrogens with one attached hydrogen (secondary N) is 1. The van der Waals surface area contributed by atoms with Gasteiger partial charge in [-0.2, -0.15) is 0 Å². The van der Waals surface area contributed by atoms with E-state index in [0.29, 0.717) is 12.2 Å². The SMILES string of the molecule is CC1CCCC[NH+]1CCCOC(=O)c1ccccc1I.[Cl-]. The first-order valence-corrected chi connectivity index (χ1v) is 8.52. The summed E-state index contributed by atoms with van der Waals surface area (Å²) in [6, 6.07) is 8.31. The fraction of sp³-hybridized carbons (Fsp3) is 0.562. The molecular formula is C16H23ClINO2. The minimum atomic E-state index is -0.198. The molecule has 21 heavy (non-hydrogen) atoms. The Labute approximate surface area is 147 Å². The Hall–Kier alpha value is -0.330. The van der Waals surface area contributed by atoms with Gasteiger partial charge < -0.3 is 22.0 Å². The molecule has 5 heteroatoms. The number of carbonyl (C=O) groups is 1. The van der Waals surface area contributed by atoms with Gasteiger partial charge in [-0.3, -0.25) is 0 Å². The number of carbonyl (C=O) groups excluding carboxylic acids is 1. The summed E-state index contributed by atoms with van der Waals surface area (Å²) in [6.07, 6.45) is 4.99. The number of ether oxygens (including phenoxy) is 1. The molecule has 0 aliphatic carbocycles. The average Bonchev–Trinajstić information content (AvgIpc) is 2.45. The van der Waals surface area contributed by atoms with Crippen molar-refractivity contribution in [1.29, 1.82) is 0 Å². The van der Waals surface area contributed by atoms with Crippen LogP contribution < -0.4 is 17.3 Å². The van der Waals surface area contributed by atoms with E-state index in [0.717, 1.165) is 22.6 Å². The van der Waals surface area contributed by atoms with Crippen molar-refractivity contribution in [3.05, 3.63) is 33.4 Å². The quantitative estimate of drug-likeness (QED) is 0.386. The van der Waals surface area contributed by atoms with Crippen LogP contribution in [0, 0.1) is 3.57 Å². The Morgan fingerprint density at radius 2 is 2.14 bits per heavy atom. The summed E-state index contributed by atoms with van der Waals surface area (Å²) in [5.41, 5.74) is 0.673. The smallest absolute Gasteiger partial charge is 0.339 e. The highest BCUT2D eigenvalue weighted by molar-refractivity contribution is 14.1. The molecule has 0 aromatic heterocycles. The molecule has 0 bridgehead atoms. The lowest BCUT2D eigenvalue weighted by Gasteiger charge is -2.30. The predicted molar refractivity (Wildman–Crippen MR) is 88.1 cm³/mol. The average molecular weight is 424 g/mol. The van der Waals surface area contributed by atoms with Gasteiger partial charge in [0.05, 0.1) is 31.3 Å². The van der Waals surface area contributed by atoms with Crippen LogP contribution in [-0.2, 0) is 4.74 Å². The molecule has 118 valence electrons. The topological polar surface area (TPSA) is 30.7 Å². The van der Waals surface area contributed by atoms with Crippen LogP contribution in [0.3, 0.4) is 0 Å². The van der Waals surface area contributed by atoms with Crippen molar-refractivity contribution in [2.45, 2.75) is 38.6 Å². The number of esters is 1.